The van der Waals surface area contributed by atoms with Crippen molar-refractivity contribution < 1.29 is 19.1 Å². The van der Waals surface area contributed by atoms with Crippen LogP contribution in [0.3, 0.4) is 0 Å². The summed E-state index contributed by atoms with van der Waals surface area (Å²) in [5, 5.41) is 4.75. The molecule has 0 radical (unpaired) electrons. The minimum atomic E-state index is -0.986. The minimum Gasteiger partial charge on any atom is -0.395 e. The second kappa shape index (κ2) is 7.82. The molecule has 0 N–H and O–H groups in total. The van der Waals surface area contributed by atoms with Gasteiger partial charge in [-0.2, -0.15) is 5.10 Å². The summed E-state index contributed by atoms with van der Waals surface area (Å²) in [4.78, 5) is 25.1. The third-order valence-corrected chi connectivity index (χ3v) is 4.24. The zero-order valence-electron chi connectivity index (χ0n) is 14.4. The number of carbonyl (C=O) groups excluding carboxylic acids is 2. The molecule has 0 saturated heterocycles. The predicted molar refractivity (Wildman–Crippen MR) is 101 cm³/mol. The Morgan fingerprint density at radius 2 is 1.74 bits per heavy atom. The number of nitrogens with zero attached hydrogens (tertiary/aromatic N) is 2. The lowest BCUT2D eigenvalue weighted by Gasteiger charge is -2.08. The summed E-state index contributed by atoms with van der Waals surface area (Å²) in [5.74, 6) is -0.163. The van der Waals surface area contributed by atoms with Gasteiger partial charge in [-0.3, -0.25) is 4.79 Å². The molecule has 0 atom stereocenters. The van der Waals surface area contributed by atoms with Crippen molar-refractivity contribution in [2.24, 2.45) is 7.05 Å². The van der Waals surface area contributed by atoms with Gasteiger partial charge in [-0.1, -0.05) is 41.4 Å². The van der Waals surface area contributed by atoms with Crippen molar-refractivity contribution in [1.29, 1.82) is 0 Å². The van der Waals surface area contributed by atoms with Gasteiger partial charge in [0.2, 0.25) is 11.7 Å². The van der Waals surface area contributed by atoms with Gasteiger partial charge in [0.25, 0.3) is 0 Å². The van der Waals surface area contributed by atoms with Crippen LogP contribution < -0.4 is 9.47 Å². The zero-order valence-corrected chi connectivity index (χ0v) is 15.9. The average Bonchev–Trinajstić information content (AvgIpc) is 2.88. The van der Waals surface area contributed by atoms with Gasteiger partial charge in [0.15, 0.2) is 0 Å². The topological polar surface area (TPSA) is 70.4 Å². The molecule has 0 aliphatic rings. The van der Waals surface area contributed by atoms with E-state index in [2.05, 4.69) is 5.10 Å². The molecule has 1 heterocycles. The van der Waals surface area contributed by atoms with Crippen molar-refractivity contribution >= 4 is 35.1 Å². The van der Waals surface area contributed by atoms with Crippen LogP contribution in [-0.4, -0.2) is 21.7 Å². The van der Waals surface area contributed by atoms with Crippen molar-refractivity contribution in [2.45, 2.75) is 6.92 Å². The molecule has 2 aromatic carbocycles. The average molecular weight is 405 g/mol. The van der Waals surface area contributed by atoms with E-state index in [-0.39, 0.29) is 22.0 Å². The van der Waals surface area contributed by atoms with E-state index in [9.17, 15) is 9.59 Å². The molecule has 3 aromatic rings. The lowest BCUT2D eigenvalue weighted by molar-refractivity contribution is 0.103. The summed E-state index contributed by atoms with van der Waals surface area (Å²) in [6, 6.07) is 13.0. The minimum absolute atomic E-state index is 0.0375. The predicted octanol–water partition coefficient (Wildman–Crippen LogP) is 4.84. The summed E-state index contributed by atoms with van der Waals surface area (Å²) < 4.78 is 11.7. The van der Waals surface area contributed by atoms with Gasteiger partial charge in [-0.25, -0.2) is 9.48 Å². The van der Waals surface area contributed by atoms with Crippen LogP contribution in [0.1, 0.15) is 21.6 Å². The van der Waals surface area contributed by atoms with Crippen molar-refractivity contribution in [2.75, 3.05) is 0 Å². The first-order valence-corrected chi connectivity index (χ1v) is 8.60. The molecule has 0 saturated carbocycles. The van der Waals surface area contributed by atoms with E-state index in [1.54, 1.807) is 50.4 Å². The number of ether oxygens (including phenoxy) is 2. The molecule has 1 aromatic heterocycles. The van der Waals surface area contributed by atoms with E-state index in [0.29, 0.717) is 16.5 Å². The molecule has 0 bridgehead atoms. The molecule has 0 fully saturated rings. The summed E-state index contributed by atoms with van der Waals surface area (Å²) >= 11 is 12.0. The van der Waals surface area contributed by atoms with E-state index >= 15 is 0 Å². The molecular weight excluding hydrogens is 391 g/mol. The number of para-hydroxylation sites is 1. The Morgan fingerprint density at radius 1 is 1.04 bits per heavy atom. The van der Waals surface area contributed by atoms with Crippen LogP contribution in [-0.2, 0) is 7.05 Å². The molecule has 8 heteroatoms. The molecule has 0 aliphatic heterocycles. The Kier molecular flexibility index (Phi) is 5.48. The monoisotopic (exact) mass is 404 g/mol. The van der Waals surface area contributed by atoms with E-state index in [4.69, 9.17) is 32.7 Å². The highest BCUT2D eigenvalue weighted by atomic mass is 35.5. The van der Waals surface area contributed by atoms with Gasteiger partial charge in [0.05, 0.1) is 10.7 Å². The first kappa shape index (κ1) is 18.9. The third-order valence-electron chi connectivity index (χ3n) is 3.70. The maximum Gasteiger partial charge on any atom is 0.520 e. The number of aryl methyl sites for hydroxylation is 2. The van der Waals surface area contributed by atoms with Gasteiger partial charge in [-0.05, 0) is 37.3 Å². The van der Waals surface area contributed by atoms with E-state index in [1.165, 1.54) is 16.8 Å². The summed E-state index contributed by atoms with van der Waals surface area (Å²) in [5.41, 5.74) is 0.723. The Hall–Kier alpha value is -2.83. The molecule has 6 nitrogen and oxygen atoms in total. The Morgan fingerprint density at radius 3 is 2.41 bits per heavy atom. The SMILES string of the molecule is Cc1nn(C)c(OC(=O)Oc2ccccc2)c1C(=O)c1ccc(Cl)cc1Cl. The summed E-state index contributed by atoms with van der Waals surface area (Å²) in [7, 11) is 1.55. The molecule has 0 spiro atoms. The Labute approximate surface area is 165 Å². The molecule has 27 heavy (non-hydrogen) atoms. The fourth-order valence-electron chi connectivity index (χ4n) is 2.51. The highest BCUT2D eigenvalue weighted by Gasteiger charge is 2.27. The number of benzene rings is 2. The molecule has 138 valence electrons. The van der Waals surface area contributed by atoms with Crippen LogP contribution in [0.5, 0.6) is 11.6 Å². The fourth-order valence-corrected chi connectivity index (χ4v) is 3.00. The Bertz CT molecular complexity index is 1020. The lowest BCUT2D eigenvalue weighted by Crippen LogP contribution is -2.17. The number of halogens is 2. The van der Waals surface area contributed by atoms with Crippen LogP contribution in [0, 0.1) is 6.92 Å². The Balaban J connectivity index is 1.91. The van der Waals surface area contributed by atoms with Crippen LogP contribution in [0.2, 0.25) is 10.0 Å². The summed E-state index contributed by atoms with van der Waals surface area (Å²) in [6.07, 6.45) is -0.986. The third kappa shape index (κ3) is 4.13. The number of ketones is 1. The second-order valence-corrected chi connectivity index (χ2v) is 6.45. The van der Waals surface area contributed by atoms with E-state index in [1.807, 2.05) is 0 Å². The molecule has 0 amide bonds. The fraction of sp³-hybridized carbons (Fsp3) is 0.105. The van der Waals surface area contributed by atoms with E-state index in [0.717, 1.165) is 0 Å². The van der Waals surface area contributed by atoms with Crippen LogP contribution in [0.4, 0.5) is 4.79 Å². The number of aromatic nitrogens is 2. The van der Waals surface area contributed by atoms with Crippen molar-refractivity contribution in [3.8, 4) is 11.6 Å². The van der Waals surface area contributed by atoms with Gasteiger partial charge in [0, 0.05) is 17.6 Å². The molecule has 0 unspecified atom stereocenters. The largest absolute Gasteiger partial charge is 0.520 e. The number of hydrogen-bond donors (Lipinski definition) is 0. The summed E-state index contributed by atoms with van der Waals surface area (Å²) in [6.45, 7) is 1.63. The first-order chi connectivity index (χ1) is 12.9. The van der Waals surface area contributed by atoms with Crippen molar-refractivity contribution in [3.63, 3.8) is 0 Å². The quantitative estimate of drug-likeness (QED) is 0.353. The highest BCUT2D eigenvalue weighted by Crippen LogP contribution is 2.29. The molecule has 0 aliphatic carbocycles. The number of hydrogen-bond acceptors (Lipinski definition) is 5. The van der Waals surface area contributed by atoms with E-state index < -0.39 is 11.9 Å². The standard InChI is InChI=1S/C19H14Cl2N2O4/c1-11-16(17(24)14-9-8-12(20)10-15(14)21)18(23(2)22-11)27-19(25)26-13-6-4-3-5-7-13/h3-10H,1-2H3. The van der Waals surface area contributed by atoms with Crippen molar-refractivity contribution in [3.05, 3.63) is 75.4 Å². The maximum atomic E-state index is 13.0. The first-order valence-electron chi connectivity index (χ1n) is 7.85. The van der Waals surface area contributed by atoms with Gasteiger partial charge < -0.3 is 9.47 Å². The van der Waals surface area contributed by atoms with Gasteiger partial charge in [0.1, 0.15) is 11.3 Å². The number of carbonyl (C=O) groups is 2. The normalized spacial score (nSPS) is 10.5. The molecular formula is C19H14Cl2N2O4. The maximum absolute atomic E-state index is 13.0. The van der Waals surface area contributed by atoms with Gasteiger partial charge >= 0.3 is 6.16 Å². The van der Waals surface area contributed by atoms with Crippen molar-refractivity contribution in [1.82, 2.24) is 9.78 Å². The molecule has 3 rings (SSSR count). The number of rotatable bonds is 4. The highest BCUT2D eigenvalue weighted by molar-refractivity contribution is 6.37. The van der Waals surface area contributed by atoms with Gasteiger partial charge in [-0.15, -0.1) is 0 Å². The second-order valence-electron chi connectivity index (χ2n) is 5.61. The van der Waals surface area contributed by atoms with Crippen LogP contribution in [0.25, 0.3) is 0 Å². The lowest BCUT2D eigenvalue weighted by atomic mass is 10.0. The zero-order chi connectivity index (χ0) is 19.6. The van der Waals surface area contributed by atoms with Crippen LogP contribution >= 0.6 is 23.2 Å². The smallest absolute Gasteiger partial charge is 0.395 e. The van der Waals surface area contributed by atoms with Crippen LogP contribution in [0.15, 0.2) is 48.5 Å².